The Kier molecular flexibility index (Phi) is 6.64. The van der Waals surface area contributed by atoms with Gasteiger partial charge in [0.15, 0.2) is 0 Å². The molecule has 1 heterocycles. The fourth-order valence-corrected chi connectivity index (χ4v) is 1.57. The number of hydrogen-bond donors (Lipinski definition) is 1. The Hall–Kier alpha value is -0.500. The number of H-pyrrole nitrogens is 1. The summed E-state index contributed by atoms with van der Waals surface area (Å²) in [6.45, 7) is 4.36. The van der Waals surface area contributed by atoms with Crippen molar-refractivity contribution in [2.24, 2.45) is 7.05 Å². The smallest absolute Gasteiger partial charge is 0.251 e. The number of aromatic nitrogens is 2. The van der Waals surface area contributed by atoms with Crippen molar-refractivity contribution in [3.8, 4) is 0 Å². The summed E-state index contributed by atoms with van der Waals surface area (Å²) in [7, 11) is 2.13. The predicted octanol–water partition coefficient (Wildman–Crippen LogP) is -0.726. The van der Waals surface area contributed by atoms with Gasteiger partial charge in [-0.3, -0.25) is 0 Å². The number of unbranched alkanes of at least 4 members (excludes halogenated alkanes) is 3. The zero-order valence-corrected chi connectivity index (χ0v) is 10.2. The Morgan fingerprint density at radius 3 is 2.50 bits per heavy atom. The molecule has 1 aromatic rings. The Morgan fingerprint density at radius 1 is 1.29 bits per heavy atom. The van der Waals surface area contributed by atoms with Gasteiger partial charge in [0, 0.05) is 13.3 Å². The van der Waals surface area contributed by atoms with Crippen LogP contribution in [-0.4, -0.2) is 4.98 Å². The fourth-order valence-electron chi connectivity index (χ4n) is 1.57. The molecule has 0 aliphatic carbocycles. The van der Waals surface area contributed by atoms with Gasteiger partial charge in [0.05, 0.1) is 7.05 Å². The maximum absolute atomic E-state index is 3.24. The van der Waals surface area contributed by atoms with Crippen LogP contribution in [0.4, 0.5) is 0 Å². The molecule has 1 rings (SSSR count). The van der Waals surface area contributed by atoms with Crippen molar-refractivity contribution in [3.05, 3.63) is 17.7 Å². The third kappa shape index (κ3) is 3.70. The van der Waals surface area contributed by atoms with E-state index in [1.54, 1.807) is 0 Å². The minimum absolute atomic E-state index is 0. The second-order valence-corrected chi connectivity index (χ2v) is 3.74. The summed E-state index contributed by atoms with van der Waals surface area (Å²) in [6.07, 6.45) is 8.70. The zero-order chi connectivity index (χ0) is 9.68. The number of imidazole rings is 1. The van der Waals surface area contributed by atoms with Gasteiger partial charge in [-0.05, 0) is 6.42 Å². The first-order chi connectivity index (χ1) is 6.25. The molecule has 0 saturated heterocycles. The molecule has 14 heavy (non-hydrogen) atoms. The first-order valence-electron chi connectivity index (χ1n) is 5.28. The van der Waals surface area contributed by atoms with Crippen molar-refractivity contribution >= 4 is 0 Å². The SMILES string of the molecule is CCCCCCc1c[nH]c(C)[n+]1C.[Cl-]. The van der Waals surface area contributed by atoms with E-state index < -0.39 is 0 Å². The standard InChI is InChI=1S/C11H20N2.ClH/c1-4-5-6-7-8-11-9-12-10(2)13(11)3;/h9H,4-8H2,1-3H3;1H. The van der Waals surface area contributed by atoms with Crippen LogP contribution in [0.15, 0.2) is 6.20 Å². The Morgan fingerprint density at radius 2 is 2.00 bits per heavy atom. The second kappa shape index (κ2) is 6.88. The highest BCUT2D eigenvalue weighted by molar-refractivity contribution is 4.89. The van der Waals surface area contributed by atoms with Gasteiger partial charge in [0.25, 0.3) is 5.82 Å². The molecule has 0 aliphatic heterocycles. The van der Waals surface area contributed by atoms with Crippen molar-refractivity contribution in [1.29, 1.82) is 0 Å². The van der Waals surface area contributed by atoms with Crippen LogP contribution in [0, 0.1) is 6.92 Å². The molecule has 0 fully saturated rings. The fraction of sp³-hybridized carbons (Fsp3) is 0.727. The van der Waals surface area contributed by atoms with E-state index in [9.17, 15) is 0 Å². The van der Waals surface area contributed by atoms with E-state index >= 15 is 0 Å². The van der Waals surface area contributed by atoms with E-state index in [0.29, 0.717) is 0 Å². The van der Waals surface area contributed by atoms with E-state index in [0.717, 1.165) is 0 Å². The van der Waals surface area contributed by atoms with Crippen LogP contribution >= 0.6 is 0 Å². The van der Waals surface area contributed by atoms with Gasteiger partial charge in [0.1, 0.15) is 11.9 Å². The number of aromatic amines is 1. The van der Waals surface area contributed by atoms with Crippen LogP contribution in [0.3, 0.4) is 0 Å². The lowest BCUT2D eigenvalue weighted by atomic mass is 10.1. The summed E-state index contributed by atoms with van der Waals surface area (Å²) in [6, 6.07) is 0. The van der Waals surface area contributed by atoms with E-state index in [1.165, 1.54) is 43.6 Å². The Balaban J connectivity index is 0.00000169. The number of hydrogen-bond acceptors (Lipinski definition) is 0. The normalized spacial score (nSPS) is 9.93. The van der Waals surface area contributed by atoms with Crippen LogP contribution in [0.5, 0.6) is 0 Å². The molecule has 0 radical (unpaired) electrons. The topological polar surface area (TPSA) is 19.7 Å². The Bertz CT molecular complexity index is 256. The molecule has 0 saturated carbocycles. The maximum atomic E-state index is 3.24. The van der Waals surface area contributed by atoms with Gasteiger partial charge in [-0.2, -0.15) is 0 Å². The second-order valence-electron chi connectivity index (χ2n) is 3.74. The predicted molar refractivity (Wildman–Crippen MR) is 54.6 cm³/mol. The van der Waals surface area contributed by atoms with Crippen molar-refractivity contribution in [3.63, 3.8) is 0 Å². The molecule has 0 amide bonds. The van der Waals surface area contributed by atoms with E-state index in [2.05, 4.69) is 36.6 Å². The highest BCUT2D eigenvalue weighted by Crippen LogP contribution is 2.04. The highest BCUT2D eigenvalue weighted by atomic mass is 35.5. The van der Waals surface area contributed by atoms with Gasteiger partial charge in [-0.15, -0.1) is 0 Å². The van der Waals surface area contributed by atoms with Crippen molar-refractivity contribution < 1.29 is 17.0 Å². The van der Waals surface area contributed by atoms with Crippen LogP contribution in [0.1, 0.15) is 44.1 Å². The number of aryl methyl sites for hydroxylation is 2. The molecule has 82 valence electrons. The Labute approximate surface area is 93.1 Å². The van der Waals surface area contributed by atoms with E-state index in [4.69, 9.17) is 0 Å². The third-order valence-corrected chi connectivity index (χ3v) is 2.67. The largest absolute Gasteiger partial charge is 1.00 e. The van der Waals surface area contributed by atoms with Gasteiger partial charge >= 0.3 is 0 Å². The van der Waals surface area contributed by atoms with E-state index in [1.807, 2.05) is 0 Å². The molecule has 0 atom stereocenters. The van der Waals surface area contributed by atoms with Crippen molar-refractivity contribution in [2.45, 2.75) is 46.0 Å². The molecule has 0 aromatic carbocycles. The maximum Gasteiger partial charge on any atom is 0.251 e. The molecule has 0 spiro atoms. The van der Waals surface area contributed by atoms with Gasteiger partial charge in [0.2, 0.25) is 0 Å². The first-order valence-corrected chi connectivity index (χ1v) is 5.28. The minimum Gasteiger partial charge on any atom is -1.00 e. The molecule has 1 N–H and O–H groups in total. The average Bonchev–Trinajstić information content (AvgIpc) is 2.43. The third-order valence-electron chi connectivity index (χ3n) is 2.67. The van der Waals surface area contributed by atoms with Gasteiger partial charge in [-0.1, -0.05) is 26.2 Å². The number of nitrogens with one attached hydrogen (secondary N) is 1. The monoisotopic (exact) mass is 216 g/mol. The molecule has 3 heteroatoms. The summed E-state index contributed by atoms with van der Waals surface area (Å²) >= 11 is 0. The van der Waals surface area contributed by atoms with Crippen LogP contribution in [0.2, 0.25) is 0 Å². The molecule has 2 nitrogen and oxygen atoms in total. The van der Waals surface area contributed by atoms with Gasteiger partial charge in [-0.25, -0.2) is 9.55 Å². The quantitative estimate of drug-likeness (QED) is 0.495. The zero-order valence-electron chi connectivity index (χ0n) is 9.44. The molecule has 0 unspecified atom stereocenters. The summed E-state index contributed by atoms with van der Waals surface area (Å²) < 4.78 is 2.24. The first kappa shape index (κ1) is 13.5. The average molecular weight is 217 g/mol. The van der Waals surface area contributed by atoms with Crippen LogP contribution in [-0.2, 0) is 13.5 Å². The van der Waals surface area contributed by atoms with Crippen LogP contribution in [0.25, 0.3) is 0 Å². The molecule has 0 bridgehead atoms. The summed E-state index contributed by atoms with van der Waals surface area (Å²) in [5.41, 5.74) is 1.42. The lowest BCUT2D eigenvalue weighted by molar-refractivity contribution is -0.683. The number of rotatable bonds is 5. The van der Waals surface area contributed by atoms with Crippen LogP contribution < -0.4 is 17.0 Å². The summed E-state index contributed by atoms with van der Waals surface area (Å²) in [4.78, 5) is 3.24. The summed E-state index contributed by atoms with van der Waals surface area (Å²) in [5.74, 6) is 1.24. The molecule has 1 aromatic heterocycles. The molecular formula is C11H21ClN2. The molecule has 0 aliphatic rings. The van der Waals surface area contributed by atoms with Crippen molar-refractivity contribution in [2.75, 3.05) is 0 Å². The number of nitrogens with zero attached hydrogens (tertiary/aromatic N) is 1. The van der Waals surface area contributed by atoms with E-state index in [-0.39, 0.29) is 12.4 Å². The minimum atomic E-state index is 0. The highest BCUT2D eigenvalue weighted by Gasteiger charge is 2.08. The summed E-state index contributed by atoms with van der Waals surface area (Å²) in [5, 5.41) is 0. The lowest BCUT2D eigenvalue weighted by Gasteiger charge is -1.97. The lowest BCUT2D eigenvalue weighted by Crippen LogP contribution is -3.00. The molecular weight excluding hydrogens is 196 g/mol. The number of halogens is 1. The van der Waals surface area contributed by atoms with Gasteiger partial charge < -0.3 is 12.4 Å². The van der Waals surface area contributed by atoms with Crippen molar-refractivity contribution in [1.82, 2.24) is 4.98 Å².